The molecule has 0 aliphatic heterocycles. The van der Waals surface area contributed by atoms with E-state index in [0.29, 0.717) is 12.8 Å². The summed E-state index contributed by atoms with van der Waals surface area (Å²) in [4.78, 5) is 4.34. The fourth-order valence-corrected chi connectivity index (χ4v) is 2.46. The predicted octanol–water partition coefficient (Wildman–Crippen LogP) is 1.33. The molecule has 4 nitrogen and oxygen atoms in total. The molecule has 0 fully saturated rings. The van der Waals surface area contributed by atoms with Gasteiger partial charge in [-0.2, -0.15) is 5.10 Å². The molecular formula is C11H15N3OS. The molecule has 2 aromatic heterocycles. The van der Waals surface area contributed by atoms with Crippen LogP contribution in [0.25, 0.3) is 0 Å². The molecule has 0 spiro atoms. The number of hydrogen-bond acceptors (Lipinski definition) is 4. The third-order valence-corrected chi connectivity index (χ3v) is 3.30. The minimum atomic E-state index is -0.380. The smallest absolute Gasteiger partial charge is 0.0954 e. The molecule has 86 valence electrons. The van der Waals surface area contributed by atoms with Crippen LogP contribution in [-0.4, -0.2) is 26.0 Å². The van der Waals surface area contributed by atoms with Gasteiger partial charge in [0.05, 0.1) is 17.3 Å². The molecule has 2 rings (SSSR count). The van der Waals surface area contributed by atoms with Crippen molar-refractivity contribution in [2.45, 2.75) is 25.9 Å². The summed E-state index contributed by atoms with van der Waals surface area (Å²) >= 11 is 1.60. The maximum absolute atomic E-state index is 9.90. The Kier molecular flexibility index (Phi) is 3.36. The molecule has 0 amide bonds. The van der Waals surface area contributed by atoms with Crippen LogP contribution in [0, 0.1) is 6.92 Å². The van der Waals surface area contributed by atoms with E-state index in [1.54, 1.807) is 22.2 Å². The zero-order chi connectivity index (χ0) is 11.5. The van der Waals surface area contributed by atoms with Gasteiger partial charge in [-0.25, -0.2) is 4.98 Å². The zero-order valence-corrected chi connectivity index (χ0v) is 10.2. The monoisotopic (exact) mass is 237 g/mol. The topological polar surface area (TPSA) is 50.9 Å². The van der Waals surface area contributed by atoms with Crippen LogP contribution in [0.4, 0.5) is 0 Å². The molecule has 5 heteroatoms. The number of aromatic nitrogens is 3. The van der Waals surface area contributed by atoms with Crippen molar-refractivity contribution in [2.24, 2.45) is 7.05 Å². The Hall–Kier alpha value is -1.20. The summed E-state index contributed by atoms with van der Waals surface area (Å²) in [5, 5.41) is 17.0. The van der Waals surface area contributed by atoms with Crippen molar-refractivity contribution in [1.82, 2.24) is 14.8 Å². The molecule has 0 aliphatic carbocycles. The number of thiazole rings is 1. The first-order valence-corrected chi connectivity index (χ1v) is 6.08. The van der Waals surface area contributed by atoms with Crippen LogP contribution in [0.15, 0.2) is 17.8 Å². The van der Waals surface area contributed by atoms with E-state index in [1.165, 1.54) is 0 Å². The Balaban J connectivity index is 1.91. The van der Waals surface area contributed by atoms with Crippen LogP contribution in [-0.2, 0) is 19.9 Å². The Morgan fingerprint density at radius 2 is 2.31 bits per heavy atom. The number of aliphatic hydroxyl groups is 1. The van der Waals surface area contributed by atoms with Gasteiger partial charge in [0.1, 0.15) is 0 Å². The van der Waals surface area contributed by atoms with E-state index in [4.69, 9.17) is 0 Å². The van der Waals surface area contributed by atoms with Gasteiger partial charge in [-0.05, 0) is 12.5 Å². The van der Waals surface area contributed by atoms with Gasteiger partial charge in [-0.15, -0.1) is 11.3 Å². The lowest BCUT2D eigenvalue weighted by Gasteiger charge is -2.06. The van der Waals surface area contributed by atoms with Crippen LogP contribution in [0.1, 0.15) is 16.3 Å². The highest BCUT2D eigenvalue weighted by Crippen LogP contribution is 2.13. The Morgan fingerprint density at radius 3 is 2.88 bits per heavy atom. The van der Waals surface area contributed by atoms with E-state index < -0.39 is 0 Å². The van der Waals surface area contributed by atoms with Crippen molar-refractivity contribution in [3.8, 4) is 0 Å². The second kappa shape index (κ2) is 4.76. The molecule has 0 aliphatic rings. The highest BCUT2D eigenvalue weighted by atomic mass is 32.1. The summed E-state index contributed by atoms with van der Waals surface area (Å²) < 4.78 is 1.75. The second-order valence-corrected chi connectivity index (χ2v) is 4.91. The molecule has 0 bridgehead atoms. The lowest BCUT2D eigenvalue weighted by atomic mass is 10.1. The Labute approximate surface area is 98.6 Å². The molecule has 2 heterocycles. The number of aryl methyl sites for hydroxylation is 2. The fourth-order valence-electron chi connectivity index (χ4n) is 1.62. The van der Waals surface area contributed by atoms with Gasteiger partial charge >= 0.3 is 0 Å². The minimum absolute atomic E-state index is 0.380. The number of aliphatic hydroxyl groups excluding tert-OH is 1. The van der Waals surface area contributed by atoms with Crippen molar-refractivity contribution in [1.29, 1.82) is 0 Å². The third-order valence-electron chi connectivity index (χ3n) is 2.31. The molecule has 0 saturated heterocycles. The van der Waals surface area contributed by atoms with Crippen molar-refractivity contribution < 1.29 is 5.11 Å². The molecule has 1 atom stereocenters. The summed E-state index contributed by atoms with van der Waals surface area (Å²) in [5.41, 5.74) is 2.08. The zero-order valence-electron chi connectivity index (χ0n) is 9.42. The quantitative estimate of drug-likeness (QED) is 0.873. The van der Waals surface area contributed by atoms with E-state index in [-0.39, 0.29) is 6.10 Å². The van der Waals surface area contributed by atoms with Gasteiger partial charge in [-0.3, -0.25) is 4.68 Å². The number of rotatable bonds is 4. The number of hydrogen-bond donors (Lipinski definition) is 1. The van der Waals surface area contributed by atoms with Gasteiger partial charge < -0.3 is 5.11 Å². The highest BCUT2D eigenvalue weighted by Gasteiger charge is 2.10. The van der Waals surface area contributed by atoms with Gasteiger partial charge in [-0.1, -0.05) is 0 Å². The predicted molar refractivity (Wildman–Crippen MR) is 63.5 cm³/mol. The maximum Gasteiger partial charge on any atom is 0.0954 e. The van der Waals surface area contributed by atoms with Crippen molar-refractivity contribution in [3.63, 3.8) is 0 Å². The highest BCUT2D eigenvalue weighted by molar-refractivity contribution is 7.09. The normalized spacial score (nSPS) is 12.9. The first-order chi connectivity index (χ1) is 7.63. The summed E-state index contributed by atoms with van der Waals surface area (Å²) in [6, 6.07) is 0. The van der Waals surface area contributed by atoms with Crippen LogP contribution in [0.5, 0.6) is 0 Å². The lowest BCUT2D eigenvalue weighted by Crippen LogP contribution is -2.13. The molecule has 1 unspecified atom stereocenters. The van der Waals surface area contributed by atoms with Crippen LogP contribution in [0.3, 0.4) is 0 Å². The largest absolute Gasteiger partial charge is 0.392 e. The standard InChI is InChI=1S/C11H15N3OS/c1-8-7-16-11(13-8)4-10(15)3-9-5-12-14(2)6-9/h5-7,10,15H,3-4H2,1-2H3. The van der Waals surface area contributed by atoms with E-state index in [9.17, 15) is 5.11 Å². The van der Waals surface area contributed by atoms with Crippen LogP contribution >= 0.6 is 11.3 Å². The van der Waals surface area contributed by atoms with Gasteiger partial charge in [0.2, 0.25) is 0 Å². The second-order valence-electron chi connectivity index (χ2n) is 3.97. The van der Waals surface area contributed by atoms with Crippen molar-refractivity contribution in [3.05, 3.63) is 34.0 Å². The van der Waals surface area contributed by atoms with Crippen LogP contribution < -0.4 is 0 Å². The summed E-state index contributed by atoms with van der Waals surface area (Å²) in [5.74, 6) is 0. The van der Waals surface area contributed by atoms with Crippen molar-refractivity contribution >= 4 is 11.3 Å². The average Bonchev–Trinajstić information content (AvgIpc) is 2.76. The van der Waals surface area contributed by atoms with Gasteiger partial charge in [0.25, 0.3) is 0 Å². The van der Waals surface area contributed by atoms with Gasteiger partial charge in [0, 0.05) is 37.2 Å². The summed E-state index contributed by atoms with van der Waals surface area (Å²) in [7, 11) is 1.88. The molecule has 2 aromatic rings. The molecular weight excluding hydrogens is 222 g/mol. The molecule has 16 heavy (non-hydrogen) atoms. The Morgan fingerprint density at radius 1 is 1.50 bits per heavy atom. The fraction of sp³-hybridized carbons (Fsp3) is 0.455. The SMILES string of the molecule is Cc1csc(CC(O)Cc2cnn(C)c2)n1. The van der Waals surface area contributed by atoms with Crippen LogP contribution in [0.2, 0.25) is 0 Å². The van der Waals surface area contributed by atoms with E-state index >= 15 is 0 Å². The van der Waals surface area contributed by atoms with Gasteiger partial charge in [0.15, 0.2) is 0 Å². The minimum Gasteiger partial charge on any atom is -0.392 e. The molecule has 0 aromatic carbocycles. The number of nitrogens with zero attached hydrogens (tertiary/aromatic N) is 3. The average molecular weight is 237 g/mol. The molecule has 0 saturated carbocycles. The molecule has 0 radical (unpaired) electrons. The Bertz CT molecular complexity index is 421. The lowest BCUT2D eigenvalue weighted by molar-refractivity contribution is 0.175. The van der Waals surface area contributed by atoms with E-state index in [0.717, 1.165) is 16.3 Å². The summed E-state index contributed by atoms with van der Waals surface area (Å²) in [6.45, 7) is 1.97. The van der Waals surface area contributed by atoms with E-state index in [1.807, 2.05) is 25.5 Å². The summed E-state index contributed by atoms with van der Waals surface area (Å²) in [6.07, 6.45) is 4.58. The first kappa shape index (κ1) is 11.3. The van der Waals surface area contributed by atoms with E-state index in [2.05, 4.69) is 10.1 Å². The third kappa shape index (κ3) is 2.90. The van der Waals surface area contributed by atoms with Crippen molar-refractivity contribution in [2.75, 3.05) is 0 Å². The molecule has 1 N–H and O–H groups in total. The maximum atomic E-state index is 9.90. The first-order valence-electron chi connectivity index (χ1n) is 5.20.